The summed E-state index contributed by atoms with van der Waals surface area (Å²) < 4.78 is 0. The van der Waals surface area contributed by atoms with Crippen LogP contribution in [0.15, 0.2) is 35.4 Å². The van der Waals surface area contributed by atoms with Gasteiger partial charge in [0.1, 0.15) is 0 Å². The summed E-state index contributed by atoms with van der Waals surface area (Å²) >= 11 is 9.38. The van der Waals surface area contributed by atoms with Gasteiger partial charge in [-0.15, -0.1) is 23.1 Å². The first kappa shape index (κ1) is 13.7. The van der Waals surface area contributed by atoms with E-state index < -0.39 is 0 Å². The maximum absolute atomic E-state index is 5.86. The van der Waals surface area contributed by atoms with Crippen molar-refractivity contribution in [3.63, 3.8) is 0 Å². The van der Waals surface area contributed by atoms with E-state index in [9.17, 15) is 0 Å². The van der Waals surface area contributed by atoms with Crippen LogP contribution in [-0.4, -0.2) is 11.5 Å². The third-order valence-electron chi connectivity index (χ3n) is 2.27. The fourth-order valence-corrected chi connectivity index (χ4v) is 3.26. The van der Waals surface area contributed by atoms with Crippen molar-refractivity contribution in [3.05, 3.63) is 40.4 Å². The molecule has 0 aliphatic carbocycles. The summed E-state index contributed by atoms with van der Waals surface area (Å²) in [6.45, 7) is 3.13. The van der Waals surface area contributed by atoms with Crippen LogP contribution in [0.5, 0.6) is 0 Å². The summed E-state index contributed by atoms with van der Waals surface area (Å²) in [6.07, 6.45) is 3.07. The highest BCUT2D eigenvalue weighted by Crippen LogP contribution is 2.28. The first-order chi connectivity index (χ1) is 8.78. The number of thiazole rings is 1. The van der Waals surface area contributed by atoms with Gasteiger partial charge in [0.05, 0.1) is 0 Å². The number of hydrogen-bond acceptors (Lipinski definition) is 4. The molecule has 2 nitrogen and oxygen atoms in total. The second kappa shape index (κ2) is 7.02. The molecule has 1 heterocycles. The molecule has 0 aliphatic rings. The number of hydrogen-bond donors (Lipinski definition) is 1. The molecule has 1 aromatic carbocycles. The van der Waals surface area contributed by atoms with Gasteiger partial charge in [-0.05, 0) is 30.7 Å². The van der Waals surface area contributed by atoms with E-state index in [2.05, 4.69) is 17.2 Å². The lowest BCUT2D eigenvalue weighted by atomic mass is 10.4. The average molecular weight is 299 g/mol. The first-order valence-corrected chi connectivity index (χ1v) is 8.03. The Morgan fingerprint density at radius 1 is 1.33 bits per heavy atom. The van der Waals surface area contributed by atoms with Crippen LogP contribution in [-0.2, 0) is 5.75 Å². The molecular formula is C13H15ClN2S2. The predicted molar refractivity (Wildman–Crippen MR) is 81.9 cm³/mol. The number of rotatable bonds is 6. The fraction of sp³-hybridized carbons (Fsp3) is 0.308. The summed E-state index contributed by atoms with van der Waals surface area (Å²) in [6, 6.07) is 7.93. The molecule has 0 saturated carbocycles. The Labute approximate surface area is 121 Å². The zero-order chi connectivity index (χ0) is 12.8. The van der Waals surface area contributed by atoms with Crippen LogP contribution in [0.1, 0.15) is 18.2 Å². The number of halogens is 1. The second-order valence-corrected chi connectivity index (χ2v) is 6.40. The van der Waals surface area contributed by atoms with Crippen LogP contribution >= 0.6 is 34.7 Å². The van der Waals surface area contributed by atoms with Gasteiger partial charge in [0.25, 0.3) is 0 Å². The van der Waals surface area contributed by atoms with Gasteiger partial charge in [-0.25, -0.2) is 4.98 Å². The van der Waals surface area contributed by atoms with Crippen molar-refractivity contribution < 1.29 is 0 Å². The molecule has 0 spiro atoms. The van der Waals surface area contributed by atoms with Crippen LogP contribution in [0, 0.1) is 0 Å². The van der Waals surface area contributed by atoms with E-state index >= 15 is 0 Å². The van der Waals surface area contributed by atoms with Gasteiger partial charge in [0, 0.05) is 33.3 Å². The van der Waals surface area contributed by atoms with Gasteiger partial charge in [-0.2, -0.15) is 0 Å². The van der Waals surface area contributed by atoms with Crippen molar-refractivity contribution in [3.8, 4) is 0 Å². The second-order valence-electron chi connectivity index (χ2n) is 3.80. The van der Waals surface area contributed by atoms with Crippen LogP contribution in [0.4, 0.5) is 5.13 Å². The Morgan fingerprint density at radius 2 is 2.11 bits per heavy atom. The van der Waals surface area contributed by atoms with Crippen molar-refractivity contribution in [1.29, 1.82) is 0 Å². The van der Waals surface area contributed by atoms with Gasteiger partial charge in [0.15, 0.2) is 5.13 Å². The highest BCUT2D eigenvalue weighted by atomic mass is 35.5. The molecule has 0 amide bonds. The monoisotopic (exact) mass is 298 g/mol. The average Bonchev–Trinajstić information content (AvgIpc) is 2.84. The maximum Gasteiger partial charge on any atom is 0.182 e. The number of anilines is 1. The largest absolute Gasteiger partial charge is 0.362 e. The molecule has 2 aromatic rings. The van der Waals surface area contributed by atoms with Crippen LogP contribution in [0.2, 0.25) is 5.02 Å². The van der Waals surface area contributed by atoms with E-state index in [1.54, 1.807) is 23.1 Å². The number of nitrogens with one attached hydrogen (secondary N) is 1. The van der Waals surface area contributed by atoms with Crippen molar-refractivity contribution in [2.24, 2.45) is 0 Å². The van der Waals surface area contributed by atoms with E-state index in [1.807, 2.05) is 30.5 Å². The number of nitrogens with zero attached hydrogens (tertiary/aromatic N) is 1. The van der Waals surface area contributed by atoms with E-state index in [-0.39, 0.29) is 0 Å². The first-order valence-electron chi connectivity index (χ1n) is 5.85. The number of thioether (sulfide) groups is 1. The summed E-state index contributed by atoms with van der Waals surface area (Å²) in [5, 5.41) is 5.10. The minimum absolute atomic E-state index is 0.781. The predicted octanol–water partition coefficient (Wildman–Crippen LogP) is 4.91. The molecule has 0 unspecified atom stereocenters. The summed E-state index contributed by atoms with van der Waals surface area (Å²) in [5.41, 5.74) is 0. The molecule has 96 valence electrons. The molecule has 0 bridgehead atoms. The highest BCUT2D eigenvalue weighted by molar-refractivity contribution is 7.98. The Morgan fingerprint density at radius 3 is 2.83 bits per heavy atom. The fourth-order valence-electron chi connectivity index (χ4n) is 1.37. The number of benzene rings is 1. The molecular weight excluding hydrogens is 284 g/mol. The number of aromatic nitrogens is 1. The molecule has 2 rings (SSSR count). The third kappa shape index (κ3) is 4.19. The van der Waals surface area contributed by atoms with Gasteiger partial charge >= 0.3 is 0 Å². The lowest BCUT2D eigenvalue weighted by Gasteiger charge is -1.99. The minimum Gasteiger partial charge on any atom is -0.362 e. The quantitative estimate of drug-likeness (QED) is 0.767. The zero-order valence-electron chi connectivity index (χ0n) is 10.1. The molecule has 0 aliphatic heterocycles. The van der Waals surface area contributed by atoms with E-state index in [1.165, 1.54) is 9.77 Å². The lowest BCUT2D eigenvalue weighted by molar-refractivity contribution is 0.976. The molecule has 5 heteroatoms. The van der Waals surface area contributed by atoms with Crippen LogP contribution in [0.3, 0.4) is 0 Å². The van der Waals surface area contributed by atoms with Gasteiger partial charge in [0.2, 0.25) is 0 Å². The van der Waals surface area contributed by atoms with Crippen LogP contribution < -0.4 is 5.32 Å². The van der Waals surface area contributed by atoms with Crippen molar-refractivity contribution in [2.45, 2.75) is 24.0 Å². The van der Waals surface area contributed by atoms with E-state index in [0.29, 0.717) is 0 Å². The van der Waals surface area contributed by atoms with E-state index in [4.69, 9.17) is 11.6 Å². The summed E-state index contributed by atoms with van der Waals surface area (Å²) in [4.78, 5) is 6.87. The SMILES string of the molecule is CCCNc1ncc(CSc2ccc(Cl)cc2)s1. The van der Waals surface area contributed by atoms with Crippen molar-refractivity contribution in [1.82, 2.24) is 4.98 Å². The summed E-state index contributed by atoms with van der Waals surface area (Å²) in [7, 11) is 0. The Kier molecular flexibility index (Phi) is 5.35. The standard InChI is InChI=1S/C13H15ClN2S2/c1-2-7-15-13-16-8-12(18-13)9-17-11-5-3-10(14)4-6-11/h3-6,8H,2,7,9H2,1H3,(H,15,16). The Bertz CT molecular complexity index is 482. The van der Waals surface area contributed by atoms with Gasteiger partial charge in [-0.3, -0.25) is 0 Å². The summed E-state index contributed by atoms with van der Waals surface area (Å²) in [5.74, 6) is 0.951. The van der Waals surface area contributed by atoms with Crippen molar-refractivity contribution in [2.75, 3.05) is 11.9 Å². The molecule has 0 radical (unpaired) electrons. The molecule has 18 heavy (non-hydrogen) atoms. The molecule has 0 atom stereocenters. The molecule has 0 fully saturated rings. The third-order valence-corrected chi connectivity index (χ3v) is 4.73. The molecule has 1 aromatic heterocycles. The van der Waals surface area contributed by atoms with Gasteiger partial charge in [-0.1, -0.05) is 18.5 Å². The maximum atomic E-state index is 5.86. The van der Waals surface area contributed by atoms with Gasteiger partial charge < -0.3 is 5.32 Å². The zero-order valence-corrected chi connectivity index (χ0v) is 12.5. The highest BCUT2D eigenvalue weighted by Gasteiger charge is 2.02. The molecule has 0 saturated heterocycles. The normalized spacial score (nSPS) is 10.6. The molecule has 1 N–H and O–H groups in total. The lowest BCUT2D eigenvalue weighted by Crippen LogP contribution is -1.97. The minimum atomic E-state index is 0.781. The smallest absolute Gasteiger partial charge is 0.182 e. The van der Waals surface area contributed by atoms with Crippen LogP contribution in [0.25, 0.3) is 0 Å². The Hall–Kier alpha value is -0.710. The Balaban J connectivity index is 1.86. The topological polar surface area (TPSA) is 24.9 Å². The van der Waals surface area contributed by atoms with E-state index in [0.717, 1.165) is 28.9 Å². The van der Waals surface area contributed by atoms with Crippen molar-refractivity contribution >= 4 is 39.8 Å².